The monoisotopic (exact) mass is 448 g/mol. The molecule has 1 saturated carbocycles. The van der Waals surface area contributed by atoms with Crippen LogP contribution in [0.5, 0.6) is 5.75 Å². The average Bonchev–Trinajstić information content (AvgIpc) is 3.57. The SMILES string of the molecule is NC(=O)c1cc2cc(Cl)ccc2cc1OCC(=O)c1cn(CO)c2cc(C3CC3)ccc12. The number of ketones is 1. The summed E-state index contributed by atoms with van der Waals surface area (Å²) in [7, 11) is 0. The van der Waals surface area contributed by atoms with E-state index in [4.69, 9.17) is 22.1 Å². The molecule has 1 amide bonds. The van der Waals surface area contributed by atoms with Crippen molar-refractivity contribution in [2.24, 2.45) is 5.73 Å². The fourth-order valence-electron chi connectivity index (χ4n) is 4.10. The summed E-state index contributed by atoms with van der Waals surface area (Å²) in [5.74, 6) is -0.103. The number of primary amides is 1. The van der Waals surface area contributed by atoms with E-state index in [0.717, 1.165) is 21.7 Å². The van der Waals surface area contributed by atoms with Gasteiger partial charge in [0.05, 0.1) is 11.1 Å². The first-order chi connectivity index (χ1) is 15.4. The van der Waals surface area contributed by atoms with Gasteiger partial charge in [-0.25, -0.2) is 0 Å². The molecule has 1 fully saturated rings. The summed E-state index contributed by atoms with van der Waals surface area (Å²) in [6.45, 7) is -0.494. The molecule has 1 heterocycles. The number of nitrogens with two attached hydrogens (primary N) is 1. The van der Waals surface area contributed by atoms with E-state index < -0.39 is 5.91 Å². The standard InChI is InChI=1S/C25H21ClN2O4/c26-18-5-3-16-10-24(20(25(27)31)8-17(16)7-18)32-12-23(30)21-11-28(13-29)22-9-15(14-1-2-14)4-6-19(21)22/h3-11,14,29H,1-2,12-13H2,(H2,27,31). The van der Waals surface area contributed by atoms with Gasteiger partial charge >= 0.3 is 0 Å². The zero-order valence-corrected chi connectivity index (χ0v) is 17.9. The van der Waals surface area contributed by atoms with Crippen molar-refractivity contribution in [3.8, 4) is 5.75 Å². The van der Waals surface area contributed by atoms with Crippen LogP contribution in [-0.4, -0.2) is 28.0 Å². The number of hydrogen-bond donors (Lipinski definition) is 2. The third-order valence-corrected chi connectivity index (χ3v) is 6.17. The molecular formula is C25H21ClN2O4. The molecule has 0 saturated heterocycles. The van der Waals surface area contributed by atoms with E-state index in [1.54, 1.807) is 35.0 Å². The van der Waals surface area contributed by atoms with Crippen molar-refractivity contribution in [3.05, 3.63) is 76.4 Å². The molecule has 1 aliphatic carbocycles. The van der Waals surface area contributed by atoms with Crippen LogP contribution in [0.2, 0.25) is 5.02 Å². The molecule has 3 aromatic carbocycles. The third kappa shape index (κ3) is 3.72. The summed E-state index contributed by atoms with van der Waals surface area (Å²) in [4.78, 5) is 25.0. The minimum Gasteiger partial charge on any atom is -0.485 e. The molecule has 6 nitrogen and oxygen atoms in total. The second-order valence-electron chi connectivity index (χ2n) is 8.12. The van der Waals surface area contributed by atoms with Crippen LogP contribution in [0.3, 0.4) is 0 Å². The molecule has 0 unspecified atom stereocenters. The van der Waals surface area contributed by atoms with Gasteiger partial charge in [-0.3, -0.25) is 9.59 Å². The summed E-state index contributed by atoms with van der Waals surface area (Å²) in [6, 6.07) is 14.6. The number of hydrogen-bond acceptors (Lipinski definition) is 4. The lowest BCUT2D eigenvalue weighted by atomic mass is 10.0. The minimum atomic E-state index is -0.654. The van der Waals surface area contributed by atoms with Gasteiger partial charge in [0.1, 0.15) is 12.5 Å². The van der Waals surface area contributed by atoms with Gasteiger partial charge in [-0.2, -0.15) is 0 Å². The van der Waals surface area contributed by atoms with E-state index in [-0.39, 0.29) is 30.4 Å². The molecule has 0 atom stereocenters. The first-order valence-corrected chi connectivity index (χ1v) is 10.7. The van der Waals surface area contributed by atoms with Crippen molar-refractivity contribution in [1.82, 2.24) is 4.57 Å². The predicted molar refractivity (Wildman–Crippen MR) is 123 cm³/mol. The number of amides is 1. The normalized spacial score (nSPS) is 13.6. The maximum atomic E-state index is 13.0. The van der Waals surface area contributed by atoms with E-state index in [1.165, 1.54) is 18.4 Å². The second kappa shape index (κ2) is 7.97. The Morgan fingerprint density at radius 1 is 1.06 bits per heavy atom. The Balaban J connectivity index is 1.45. The van der Waals surface area contributed by atoms with Gasteiger partial charge < -0.3 is 20.1 Å². The molecule has 0 spiro atoms. The van der Waals surface area contributed by atoms with Gasteiger partial charge in [0.2, 0.25) is 5.78 Å². The number of ether oxygens (including phenoxy) is 1. The summed E-state index contributed by atoms with van der Waals surface area (Å²) < 4.78 is 7.42. The highest BCUT2D eigenvalue weighted by molar-refractivity contribution is 6.31. The molecule has 7 heteroatoms. The quantitative estimate of drug-likeness (QED) is 0.403. The fourth-order valence-corrected chi connectivity index (χ4v) is 4.28. The maximum absolute atomic E-state index is 13.0. The van der Waals surface area contributed by atoms with Crippen molar-refractivity contribution in [2.45, 2.75) is 25.5 Å². The number of benzene rings is 3. The summed E-state index contributed by atoms with van der Waals surface area (Å²) in [6.07, 6.45) is 3.99. The number of aliphatic hydroxyl groups is 1. The summed E-state index contributed by atoms with van der Waals surface area (Å²) in [5, 5.41) is 12.6. The Bertz CT molecular complexity index is 1390. The van der Waals surface area contributed by atoms with Gasteiger partial charge in [-0.05, 0) is 65.4 Å². The molecule has 162 valence electrons. The predicted octanol–water partition coefficient (Wildman–Crippen LogP) is 4.64. The van der Waals surface area contributed by atoms with Crippen LogP contribution in [0, 0.1) is 0 Å². The lowest BCUT2D eigenvalue weighted by Crippen LogP contribution is -2.16. The first kappa shape index (κ1) is 20.5. The topological polar surface area (TPSA) is 94.6 Å². The number of Topliss-reactive ketones (excluding diaryl/α,β-unsaturated/α-hetero) is 1. The molecule has 4 aromatic rings. The van der Waals surface area contributed by atoms with Crippen LogP contribution in [0.1, 0.15) is 45.0 Å². The first-order valence-electron chi connectivity index (χ1n) is 10.4. The van der Waals surface area contributed by atoms with Crippen LogP contribution in [0.15, 0.2) is 54.7 Å². The van der Waals surface area contributed by atoms with Gasteiger partial charge in [-0.15, -0.1) is 0 Å². The molecule has 5 rings (SSSR count). The zero-order chi connectivity index (χ0) is 22.4. The Labute approximate surface area is 189 Å². The van der Waals surface area contributed by atoms with E-state index in [0.29, 0.717) is 16.5 Å². The van der Waals surface area contributed by atoms with Gasteiger partial charge in [0.25, 0.3) is 5.91 Å². The minimum absolute atomic E-state index is 0.180. The third-order valence-electron chi connectivity index (χ3n) is 5.93. The van der Waals surface area contributed by atoms with Crippen LogP contribution >= 0.6 is 11.6 Å². The summed E-state index contributed by atoms with van der Waals surface area (Å²) in [5.41, 5.74) is 8.22. The zero-order valence-electron chi connectivity index (χ0n) is 17.2. The van der Waals surface area contributed by atoms with E-state index >= 15 is 0 Å². The van der Waals surface area contributed by atoms with Crippen molar-refractivity contribution in [1.29, 1.82) is 0 Å². The second-order valence-corrected chi connectivity index (χ2v) is 8.56. The van der Waals surface area contributed by atoms with Crippen molar-refractivity contribution >= 4 is 45.0 Å². The van der Waals surface area contributed by atoms with Crippen molar-refractivity contribution in [3.63, 3.8) is 0 Å². The molecule has 32 heavy (non-hydrogen) atoms. The Kier molecular flexibility index (Phi) is 5.12. The number of carbonyl (C=O) groups is 2. The lowest BCUT2D eigenvalue weighted by molar-refractivity contribution is 0.0913. The smallest absolute Gasteiger partial charge is 0.252 e. The molecule has 0 bridgehead atoms. The average molecular weight is 449 g/mol. The number of halogens is 1. The van der Waals surface area contributed by atoms with E-state index in [2.05, 4.69) is 0 Å². The van der Waals surface area contributed by atoms with E-state index in [1.807, 2.05) is 24.3 Å². The molecule has 1 aliphatic rings. The maximum Gasteiger partial charge on any atom is 0.252 e. The number of carbonyl (C=O) groups excluding carboxylic acids is 2. The molecular weight excluding hydrogens is 428 g/mol. The number of nitrogens with zero attached hydrogens (tertiary/aromatic N) is 1. The highest BCUT2D eigenvalue weighted by atomic mass is 35.5. The number of rotatable bonds is 7. The van der Waals surface area contributed by atoms with Crippen LogP contribution < -0.4 is 10.5 Å². The molecule has 1 aromatic heterocycles. The molecule has 0 aliphatic heterocycles. The Hall–Kier alpha value is -3.35. The van der Waals surface area contributed by atoms with Gasteiger partial charge in [-0.1, -0.05) is 29.8 Å². The highest BCUT2D eigenvalue weighted by Crippen LogP contribution is 2.41. The largest absolute Gasteiger partial charge is 0.485 e. The molecule has 3 N–H and O–H groups in total. The van der Waals surface area contributed by atoms with Gasteiger partial charge in [0.15, 0.2) is 6.61 Å². The Morgan fingerprint density at radius 2 is 1.88 bits per heavy atom. The van der Waals surface area contributed by atoms with Gasteiger partial charge in [0, 0.05) is 22.2 Å². The van der Waals surface area contributed by atoms with Crippen LogP contribution in [0.25, 0.3) is 21.7 Å². The fraction of sp³-hybridized carbons (Fsp3) is 0.200. The van der Waals surface area contributed by atoms with Crippen LogP contribution in [0.4, 0.5) is 0 Å². The van der Waals surface area contributed by atoms with Crippen molar-refractivity contribution < 1.29 is 19.4 Å². The van der Waals surface area contributed by atoms with E-state index in [9.17, 15) is 14.7 Å². The number of fused-ring (bicyclic) bond motifs is 2. The summed E-state index contributed by atoms with van der Waals surface area (Å²) >= 11 is 6.04. The number of aromatic nitrogens is 1. The number of aliphatic hydroxyl groups excluding tert-OH is 1. The highest BCUT2D eigenvalue weighted by Gasteiger charge is 2.25. The molecule has 0 radical (unpaired) electrons. The Morgan fingerprint density at radius 3 is 2.59 bits per heavy atom. The van der Waals surface area contributed by atoms with Crippen molar-refractivity contribution in [2.75, 3.05) is 6.61 Å². The van der Waals surface area contributed by atoms with Crippen LogP contribution in [-0.2, 0) is 6.73 Å². The lowest BCUT2D eigenvalue weighted by Gasteiger charge is -2.11.